The molecule has 25 heavy (non-hydrogen) atoms. The Morgan fingerprint density at radius 3 is 2.40 bits per heavy atom. The van der Waals surface area contributed by atoms with E-state index < -0.39 is 11.6 Å². The van der Waals surface area contributed by atoms with Gasteiger partial charge >= 0.3 is 0 Å². The number of hydrogen-bond acceptors (Lipinski definition) is 1. The molecule has 0 atom stereocenters. The standard InChI is InChI=1S/C22H30F2O/c1-3-5-7-17-8-10-18(11-9-17)12-13-19-14-15-20(22(24)21(19)23)25-16-6-4-2/h14-15,17-18H,3-11,16H2,1-2H3. The summed E-state index contributed by atoms with van der Waals surface area (Å²) in [6.07, 6.45) is 10.2. The fourth-order valence-electron chi connectivity index (χ4n) is 3.33. The molecule has 1 aliphatic rings. The molecule has 0 N–H and O–H groups in total. The van der Waals surface area contributed by atoms with Gasteiger partial charge in [0.15, 0.2) is 11.6 Å². The summed E-state index contributed by atoms with van der Waals surface area (Å²) in [7, 11) is 0. The van der Waals surface area contributed by atoms with Crippen LogP contribution in [-0.4, -0.2) is 6.61 Å². The van der Waals surface area contributed by atoms with E-state index in [-0.39, 0.29) is 11.3 Å². The van der Waals surface area contributed by atoms with E-state index in [1.54, 1.807) is 0 Å². The van der Waals surface area contributed by atoms with Gasteiger partial charge in [0.2, 0.25) is 5.82 Å². The summed E-state index contributed by atoms with van der Waals surface area (Å²) in [5.41, 5.74) is 0.133. The van der Waals surface area contributed by atoms with E-state index >= 15 is 0 Å². The Bertz CT molecular complexity index is 592. The van der Waals surface area contributed by atoms with E-state index in [4.69, 9.17) is 4.74 Å². The number of halogens is 2. The van der Waals surface area contributed by atoms with Gasteiger partial charge in [0, 0.05) is 5.92 Å². The van der Waals surface area contributed by atoms with Crippen molar-refractivity contribution in [2.45, 2.75) is 71.6 Å². The Morgan fingerprint density at radius 2 is 1.72 bits per heavy atom. The molecule has 1 aromatic carbocycles. The first-order chi connectivity index (χ1) is 12.2. The lowest BCUT2D eigenvalue weighted by atomic mass is 9.80. The van der Waals surface area contributed by atoms with E-state index in [2.05, 4.69) is 18.8 Å². The highest BCUT2D eigenvalue weighted by Crippen LogP contribution is 2.31. The monoisotopic (exact) mass is 348 g/mol. The van der Waals surface area contributed by atoms with Gasteiger partial charge in [-0.25, -0.2) is 4.39 Å². The van der Waals surface area contributed by atoms with E-state index in [0.717, 1.165) is 31.6 Å². The molecule has 0 amide bonds. The predicted molar refractivity (Wildman–Crippen MR) is 98.6 cm³/mol. The summed E-state index contributed by atoms with van der Waals surface area (Å²) in [6, 6.07) is 3.01. The van der Waals surface area contributed by atoms with Gasteiger partial charge < -0.3 is 4.74 Å². The molecule has 138 valence electrons. The maximum atomic E-state index is 14.2. The summed E-state index contributed by atoms with van der Waals surface area (Å²) in [5.74, 6) is 5.31. The van der Waals surface area contributed by atoms with Gasteiger partial charge in [0.25, 0.3) is 0 Å². The molecule has 0 aromatic heterocycles. The molecule has 1 saturated carbocycles. The van der Waals surface area contributed by atoms with Gasteiger partial charge in [0.1, 0.15) is 0 Å². The zero-order valence-electron chi connectivity index (χ0n) is 15.5. The summed E-state index contributed by atoms with van der Waals surface area (Å²) < 4.78 is 33.5. The fraction of sp³-hybridized carbons (Fsp3) is 0.636. The van der Waals surface area contributed by atoms with E-state index in [1.807, 2.05) is 6.92 Å². The minimum absolute atomic E-state index is 0.0204. The maximum Gasteiger partial charge on any atom is 0.201 e. The molecule has 0 spiro atoms. The van der Waals surface area contributed by atoms with Crippen LogP contribution in [0.1, 0.15) is 77.2 Å². The third-order valence-electron chi connectivity index (χ3n) is 5.03. The van der Waals surface area contributed by atoms with Crippen LogP contribution in [0.3, 0.4) is 0 Å². The highest BCUT2D eigenvalue weighted by Gasteiger charge is 2.19. The average Bonchev–Trinajstić information content (AvgIpc) is 2.64. The van der Waals surface area contributed by atoms with Crippen molar-refractivity contribution in [1.29, 1.82) is 0 Å². The van der Waals surface area contributed by atoms with E-state index in [9.17, 15) is 8.78 Å². The zero-order chi connectivity index (χ0) is 18.1. The third-order valence-corrected chi connectivity index (χ3v) is 5.03. The van der Waals surface area contributed by atoms with Gasteiger partial charge in [0.05, 0.1) is 12.2 Å². The van der Waals surface area contributed by atoms with E-state index in [0.29, 0.717) is 12.5 Å². The number of rotatable bonds is 7. The van der Waals surface area contributed by atoms with Crippen molar-refractivity contribution in [3.05, 3.63) is 29.3 Å². The number of ether oxygens (including phenoxy) is 1. The Morgan fingerprint density at radius 1 is 1.00 bits per heavy atom. The summed E-state index contributed by atoms with van der Waals surface area (Å²) in [4.78, 5) is 0. The lowest BCUT2D eigenvalue weighted by molar-refractivity contribution is 0.288. The predicted octanol–water partition coefficient (Wildman–Crippen LogP) is 6.49. The minimum atomic E-state index is -0.925. The lowest BCUT2D eigenvalue weighted by Crippen LogP contribution is -2.13. The van der Waals surface area contributed by atoms with Gasteiger partial charge in [-0.3, -0.25) is 0 Å². The van der Waals surface area contributed by atoms with Crippen LogP contribution in [0.5, 0.6) is 5.75 Å². The SMILES string of the molecule is CCCCOc1ccc(C#CC2CCC(CCCC)CC2)c(F)c1F. The van der Waals surface area contributed by atoms with Crippen molar-refractivity contribution >= 4 is 0 Å². The molecule has 0 bridgehead atoms. The van der Waals surface area contributed by atoms with Crippen LogP contribution in [0.25, 0.3) is 0 Å². The van der Waals surface area contributed by atoms with Crippen molar-refractivity contribution < 1.29 is 13.5 Å². The molecule has 1 nitrogen and oxygen atoms in total. The summed E-state index contributed by atoms with van der Waals surface area (Å²) in [5, 5.41) is 0. The van der Waals surface area contributed by atoms with Crippen molar-refractivity contribution in [3.63, 3.8) is 0 Å². The number of unbranched alkanes of at least 4 members (excludes halogenated alkanes) is 2. The van der Waals surface area contributed by atoms with Crippen LogP contribution < -0.4 is 4.74 Å². The molecule has 0 saturated heterocycles. The van der Waals surface area contributed by atoms with Gasteiger partial charge in [-0.1, -0.05) is 51.4 Å². The van der Waals surface area contributed by atoms with Gasteiger partial charge in [-0.05, 0) is 50.2 Å². The van der Waals surface area contributed by atoms with Crippen molar-refractivity contribution in [2.24, 2.45) is 11.8 Å². The topological polar surface area (TPSA) is 9.23 Å². The average molecular weight is 348 g/mol. The molecule has 0 heterocycles. The number of hydrogen-bond donors (Lipinski definition) is 0. The molecule has 0 radical (unpaired) electrons. The molecular formula is C22H30F2O. The normalized spacial score (nSPS) is 20.0. The smallest absolute Gasteiger partial charge is 0.201 e. The van der Waals surface area contributed by atoms with Crippen LogP contribution in [0.15, 0.2) is 12.1 Å². The van der Waals surface area contributed by atoms with Gasteiger partial charge in [-0.2, -0.15) is 4.39 Å². The molecule has 3 heteroatoms. The highest BCUT2D eigenvalue weighted by molar-refractivity contribution is 5.41. The summed E-state index contributed by atoms with van der Waals surface area (Å²) in [6.45, 7) is 4.65. The van der Waals surface area contributed by atoms with Crippen LogP contribution in [0.4, 0.5) is 8.78 Å². The van der Waals surface area contributed by atoms with Crippen LogP contribution in [0, 0.1) is 35.3 Å². The first kappa shape index (κ1) is 19.8. The first-order valence-electron chi connectivity index (χ1n) is 9.78. The van der Waals surface area contributed by atoms with Crippen LogP contribution in [-0.2, 0) is 0 Å². The van der Waals surface area contributed by atoms with Crippen LogP contribution in [0.2, 0.25) is 0 Å². The molecule has 2 rings (SSSR count). The highest BCUT2D eigenvalue weighted by atomic mass is 19.2. The van der Waals surface area contributed by atoms with Gasteiger partial charge in [-0.15, -0.1) is 0 Å². The quantitative estimate of drug-likeness (QED) is 0.404. The Kier molecular flexibility index (Phi) is 8.25. The van der Waals surface area contributed by atoms with E-state index in [1.165, 1.54) is 44.2 Å². The Hall–Kier alpha value is -1.56. The second-order valence-corrected chi connectivity index (χ2v) is 7.07. The fourth-order valence-corrected chi connectivity index (χ4v) is 3.33. The zero-order valence-corrected chi connectivity index (χ0v) is 15.5. The third kappa shape index (κ3) is 6.03. The maximum absolute atomic E-state index is 14.2. The second-order valence-electron chi connectivity index (χ2n) is 7.07. The lowest BCUT2D eigenvalue weighted by Gasteiger charge is -2.25. The Balaban J connectivity index is 1.93. The second kappa shape index (κ2) is 10.4. The molecule has 0 aliphatic heterocycles. The largest absolute Gasteiger partial charge is 0.490 e. The van der Waals surface area contributed by atoms with Crippen molar-refractivity contribution in [2.75, 3.05) is 6.61 Å². The molecule has 1 aliphatic carbocycles. The first-order valence-corrected chi connectivity index (χ1v) is 9.78. The molecule has 1 fully saturated rings. The molecular weight excluding hydrogens is 318 g/mol. The molecule has 0 unspecified atom stereocenters. The molecule has 1 aromatic rings. The Labute approximate surface area is 151 Å². The summed E-state index contributed by atoms with van der Waals surface area (Å²) >= 11 is 0. The number of benzene rings is 1. The minimum Gasteiger partial charge on any atom is -0.490 e. The van der Waals surface area contributed by atoms with Crippen molar-refractivity contribution in [3.8, 4) is 17.6 Å². The van der Waals surface area contributed by atoms with Crippen molar-refractivity contribution in [1.82, 2.24) is 0 Å². The van der Waals surface area contributed by atoms with Crippen LogP contribution >= 0.6 is 0 Å².